The Morgan fingerprint density at radius 1 is 1.38 bits per heavy atom. The summed E-state index contributed by atoms with van der Waals surface area (Å²) in [7, 11) is 1.59. The van der Waals surface area contributed by atoms with Gasteiger partial charge in [0, 0.05) is 18.8 Å². The predicted molar refractivity (Wildman–Crippen MR) is 90.6 cm³/mol. The number of hydrogen-bond donors (Lipinski definition) is 1. The molecule has 1 fully saturated rings. The Balaban J connectivity index is 1.40. The third-order valence-electron chi connectivity index (χ3n) is 3.95. The molecule has 7 nitrogen and oxygen atoms in total. The van der Waals surface area contributed by atoms with Crippen LogP contribution in [0.4, 0.5) is 5.69 Å². The van der Waals surface area contributed by atoms with Gasteiger partial charge in [-0.05, 0) is 25.0 Å². The van der Waals surface area contributed by atoms with Crippen LogP contribution in [-0.2, 0) is 11.2 Å². The number of ether oxygens (including phenoxy) is 1. The second kappa shape index (κ2) is 6.20. The monoisotopic (exact) mass is 343 g/mol. The van der Waals surface area contributed by atoms with Crippen molar-refractivity contribution >= 4 is 27.9 Å². The quantitative estimate of drug-likeness (QED) is 0.744. The van der Waals surface area contributed by atoms with E-state index in [1.807, 2.05) is 28.8 Å². The third kappa shape index (κ3) is 2.96. The van der Waals surface area contributed by atoms with Gasteiger partial charge in [0.05, 0.1) is 12.8 Å². The molecule has 124 valence electrons. The molecule has 1 aliphatic rings. The van der Waals surface area contributed by atoms with E-state index in [-0.39, 0.29) is 5.91 Å². The van der Waals surface area contributed by atoms with Crippen molar-refractivity contribution in [1.29, 1.82) is 0 Å². The Bertz CT molecular complexity index is 884. The first kappa shape index (κ1) is 15.1. The first-order valence-corrected chi connectivity index (χ1v) is 8.70. The molecule has 24 heavy (non-hydrogen) atoms. The van der Waals surface area contributed by atoms with Crippen LogP contribution in [0.15, 0.2) is 24.3 Å². The summed E-state index contributed by atoms with van der Waals surface area (Å²) < 4.78 is 7.07. The van der Waals surface area contributed by atoms with Gasteiger partial charge in [-0.1, -0.05) is 23.5 Å². The molecule has 0 radical (unpaired) electrons. The Kier molecular flexibility index (Phi) is 3.89. The summed E-state index contributed by atoms with van der Waals surface area (Å²) in [6.07, 6.45) is 3.27. The molecule has 2 heterocycles. The number of amides is 1. The Hall–Kier alpha value is -2.48. The van der Waals surface area contributed by atoms with Gasteiger partial charge in [0.25, 0.3) is 0 Å². The number of nitrogens with zero attached hydrogens (tertiary/aromatic N) is 4. The van der Waals surface area contributed by atoms with Crippen molar-refractivity contribution in [2.75, 3.05) is 12.4 Å². The molecule has 1 amide bonds. The molecule has 0 spiro atoms. The zero-order chi connectivity index (χ0) is 16.5. The van der Waals surface area contributed by atoms with Crippen LogP contribution in [0.1, 0.15) is 36.0 Å². The number of hydrogen-bond acceptors (Lipinski definition) is 6. The lowest BCUT2D eigenvalue weighted by Gasteiger charge is -2.09. The molecule has 0 saturated heterocycles. The van der Waals surface area contributed by atoms with Crippen molar-refractivity contribution < 1.29 is 9.53 Å². The van der Waals surface area contributed by atoms with Gasteiger partial charge in [0.1, 0.15) is 10.8 Å². The summed E-state index contributed by atoms with van der Waals surface area (Å²) in [5.74, 6) is 2.04. The second-order valence-electron chi connectivity index (χ2n) is 5.77. The normalized spacial score (nSPS) is 14.0. The van der Waals surface area contributed by atoms with Crippen molar-refractivity contribution in [2.45, 2.75) is 31.6 Å². The van der Waals surface area contributed by atoms with Crippen LogP contribution in [0.2, 0.25) is 0 Å². The fourth-order valence-corrected chi connectivity index (χ4v) is 3.39. The molecule has 2 aromatic heterocycles. The predicted octanol–water partition coefficient (Wildman–Crippen LogP) is 2.64. The van der Waals surface area contributed by atoms with Crippen LogP contribution in [0, 0.1) is 0 Å². The number of anilines is 1. The maximum atomic E-state index is 12.2. The number of aromatic nitrogens is 4. The number of carbonyl (C=O) groups is 1. The number of aryl methyl sites for hydroxylation is 1. The van der Waals surface area contributed by atoms with Crippen molar-refractivity contribution in [2.24, 2.45) is 0 Å². The first-order chi connectivity index (χ1) is 11.7. The van der Waals surface area contributed by atoms with E-state index in [2.05, 4.69) is 20.6 Å². The van der Waals surface area contributed by atoms with Crippen molar-refractivity contribution in [3.63, 3.8) is 0 Å². The lowest BCUT2D eigenvalue weighted by atomic mass is 10.2. The highest BCUT2D eigenvalue weighted by atomic mass is 32.1. The fraction of sp³-hybridized carbons (Fsp3) is 0.375. The summed E-state index contributed by atoms with van der Waals surface area (Å²) in [6.45, 7) is 0. The molecule has 1 N–H and O–H groups in total. The molecule has 4 rings (SSSR count). The molecule has 1 aromatic carbocycles. The fourth-order valence-electron chi connectivity index (χ4n) is 2.55. The lowest BCUT2D eigenvalue weighted by molar-refractivity contribution is -0.116. The van der Waals surface area contributed by atoms with E-state index in [0.717, 1.165) is 28.6 Å². The van der Waals surface area contributed by atoms with Gasteiger partial charge in [-0.3, -0.25) is 4.79 Å². The number of methoxy groups -OCH3 is 1. The summed E-state index contributed by atoms with van der Waals surface area (Å²) in [6, 6.07) is 7.37. The Labute approximate surface area is 142 Å². The smallest absolute Gasteiger partial charge is 0.234 e. The Morgan fingerprint density at radius 3 is 3.00 bits per heavy atom. The minimum absolute atomic E-state index is 0.0621. The van der Waals surface area contributed by atoms with Crippen LogP contribution in [-0.4, -0.2) is 32.8 Å². The molecule has 1 saturated carbocycles. The van der Waals surface area contributed by atoms with Crippen LogP contribution in [0.5, 0.6) is 5.75 Å². The van der Waals surface area contributed by atoms with Crippen molar-refractivity contribution in [3.8, 4) is 5.75 Å². The van der Waals surface area contributed by atoms with Crippen LogP contribution < -0.4 is 10.1 Å². The topological polar surface area (TPSA) is 81.4 Å². The molecular weight excluding hydrogens is 326 g/mol. The average Bonchev–Trinajstić information content (AvgIpc) is 3.23. The standard InChI is InChI=1S/C16H17N5O2S/c1-23-12-5-3-2-4-11(12)17-13(22)8-9-14-20-21-15(10-6-7-10)18-19-16(21)24-14/h2-5,10H,6-9H2,1H3,(H,17,22). The lowest BCUT2D eigenvalue weighted by Crippen LogP contribution is -2.13. The molecule has 1 aliphatic carbocycles. The number of benzene rings is 1. The number of carbonyl (C=O) groups excluding carboxylic acids is 1. The summed E-state index contributed by atoms with van der Waals surface area (Å²) in [5.41, 5.74) is 0.680. The van der Waals surface area contributed by atoms with Crippen LogP contribution >= 0.6 is 11.3 Å². The number of rotatable bonds is 6. The molecule has 0 bridgehead atoms. The van der Waals surface area contributed by atoms with Gasteiger partial charge in [-0.25, -0.2) is 0 Å². The number of fused-ring (bicyclic) bond motifs is 1. The van der Waals surface area contributed by atoms with E-state index >= 15 is 0 Å². The van der Waals surface area contributed by atoms with E-state index in [0.29, 0.717) is 30.2 Å². The molecular formula is C16H17N5O2S. The van der Waals surface area contributed by atoms with Crippen molar-refractivity contribution in [1.82, 2.24) is 19.8 Å². The van der Waals surface area contributed by atoms with Gasteiger partial charge in [0.15, 0.2) is 5.82 Å². The molecule has 0 unspecified atom stereocenters. The van der Waals surface area contributed by atoms with E-state index in [1.54, 1.807) is 7.11 Å². The molecule has 3 aromatic rings. The molecule has 8 heteroatoms. The van der Waals surface area contributed by atoms with E-state index < -0.39 is 0 Å². The van der Waals surface area contributed by atoms with E-state index in [9.17, 15) is 4.79 Å². The van der Waals surface area contributed by atoms with Gasteiger partial charge >= 0.3 is 0 Å². The largest absolute Gasteiger partial charge is 0.495 e. The maximum Gasteiger partial charge on any atom is 0.234 e. The maximum absolute atomic E-state index is 12.2. The average molecular weight is 343 g/mol. The van der Waals surface area contributed by atoms with Crippen LogP contribution in [0.3, 0.4) is 0 Å². The second-order valence-corrected chi connectivity index (χ2v) is 6.81. The zero-order valence-corrected chi connectivity index (χ0v) is 14.0. The zero-order valence-electron chi connectivity index (χ0n) is 13.2. The van der Waals surface area contributed by atoms with E-state index in [4.69, 9.17) is 4.74 Å². The van der Waals surface area contributed by atoms with Gasteiger partial charge in [-0.15, -0.1) is 10.2 Å². The highest BCUT2D eigenvalue weighted by molar-refractivity contribution is 7.16. The third-order valence-corrected chi connectivity index (χ3v) is 4.90. The Morgan fingerprint density at radius 2 is 2.21 bits per heavy atom. The molecule has 0 atom stereocenters. The van der Waals surface area contributed by atoms with Gasteiger partial charge in [0.2, 0.25) is 10.9 Å². The first-order valence-electron chi connectivity index (χ1n) is 7.88. The summed E-state index contributed by atoms with van der Waals surface area (Å²) in [4.78, 5) is 13.0. The minimum Gasteiger partial charge on any atom is -0.495 e. The minimum atomic E-state index is -0.0621. The summed E-state index contributed by atoms with van der Waals surface area (Å²) >= 11 is 1.49. The highest BCUT2D eigenvalue weighted by Gasteiger charge is 2.30. The summed E-state index contributed by atoms with van der Waals surface area (Å²) in [5, 5.41) is 16.7. The van der Waals surface area contributed by atoms with Crippen molar-refractivity contribution in [3.05, 3.63) is 35.1 Å². The van der Waals surface area contributed by atoms with Crippen LogP contribution in [0.25, 0.3) is 4.96 Å². The molecule has 0 aliphatic heterocycles. The highest BCUT2D eigenvalue weighted by Crippen LogP contribution is 2.39. The van der Waals surface area contributed by atoms with E-state index in [1.165, 1.54) is 11.3 Å². The number of nitrogens with one attached hydrogen (secondary N) is 1. The van der Waals surface area contributed by atoms with Gasteiger partial charge in [-0.2, -0.15) is 9.61 Å². The number of para-hydroxylation sites is 2. The SMILES string of the molecule is COc1ccccc1NC(=O)CCc1nn2c(C3CC3)nnc2s1. The van der Waals surface area contributed by atoms with Gasteiger partial charge < -0.3 is 10.1 Å².